The molecule has 2 fully saturated rings. The summed E-state index contributed by atoms with van der Waals surface area (Å²) in [6.45, 7) is 7.90. The first-order valence-electron chi connectivity index (χ1n) is 7.66. The van der Waals surface area contributed by atoms with Crippen LogP contribution in [-0.4, -0.2) is 34.3 Å². The van der Waals surface area contributed by atoms with Gasteiger partial charge in [0.2, 0.25) is 11.8 Å². The number of rotatable bonds is 3. The van der Waals surface area contributed by atoms with Crippen LogP contribution in [0.4, 0.5) is 0 Å². The third-order valence-corrected chi connectivity index (χ3v) is 4.80. The molecular formula is C16H24N2O2. The van der Waals surface area contributed by atoms with Gasteiger partial charge in [-0.25, -0.2) is 0 Å². The monoisotopic (exact) mass is 276 g/mol. The first-order chi connectivity index (χ1) is 9.33. The first-order valence-corrected chi connectivity index (χ1v) is 7.66. The van der Waals surface area contributed by atoms with Crippen molar-refractivity contribution in [2.24, 2.45) is 17.8 Å². The van der Waals surface area contributed by atoms with E-state index >= 15 is 0 Å². The van der Waals surface area contributed by atoms with Crippen molar-refractivity contribution in [3.05, 3.63) is 12.2 Å². The predicted octanol–water partition coefficient (Wildman–Crippen LogP) is 1.71. The molecule has 1 saturated heterocycles. The second-order valence-corrected chi connectivity index (χ2v) is 7.37. The van der Waals surface area contributed by atoms with E-state index in [1.807, 2.05) is 32.6 Å². The van der Waals surface area contributed by atoms with Crippen LogP contribution < -0.4 is 5.32 Å². The summed E-state index contributed by atoms with van der Waals surface area (Å²) in [7, 11) is 0. The van der Waals surface area contributed by atoms with Gasteiger partial charge >= 0.3 is 0 Å². The second kappa shape index (κ2) is 4.34. The van der Waals surface area contributed by atoms with Crippen LogP contribution in [0.3, 0.4) is 0 Å². The molecule has 3 rings (SSSR count). The zero-order valence-corrected chi connectivity index (χ0v) is 12.7. The third-order valence-electron chi connectivity index (χ3n) is 4.80. The average Bonchev–Trinajstić information content (AvgIpc) is 2.90. The number of nitrogens with zero attached hydrogens (tertiary/aromatic N) is 1. The number of allylic oxidation sites excluding steroid dienone is 1. The minimum absolute atomic E-state index is 0.0152. The Bertz CT molecular complexity index is 477. The van der Waals surface area contributed by atoms with Gasteiger partial charge < -0.3 is 10.2 Å². The molecule has 0 spiro atoms. The van der Waals surface area contributed by atoms with Gasteiger partial charge in [0.15, 0.2) is 0 Å². The maximum atomic E-state index is 12.4. The van der Waals surface area contributed by atoms with Crippen LogP contribution in [-0.2, 0) is 9.59 Å². The molecular weight excluding hydrogens is 252 g/mol. The Morgan fingerprint density at radius 2 is 2.05 bits per heavy atom. The molecule has 0 aromatic rings. The van der Waals surface area contributed by atoms with Gasteiger partial charge in [0.1, 0.15) is 6.04 Å². The molecule has 1 heterocycles. The van der Waals surface area contributed by atoms with E-state index < -0.39 is 0 Å². The summed E-state index contributed by atoms with van der Waals surface area (Å²) in [5.41, 5.74) is -0.258. The first kappa shape index (κ1) is 13.7. The number of hydrogen-bond donors (Lipinski definition) is 1. The molecule has 0 aromatic heterocycles. The Balaban J connectivity index is 1.76. The van der Waals surface area contributed by atoms with Gasteiger partial charge in [0.25, 0.3) is 0 Å². The van der Waals surface area contributed by atoms with E-state index in [-0.39, 0.29) is 35.4 Å². The topological polar surface area (TPSA) is 49.4 Å². The lowest BCUT2D eigenvalue weighted by Gasteiger charge is -2.51. The summed E-state index contributed by atoms with van der Waals surface area (Å²) in [5.74, 6) is 1.22. The standard InChI is InChI=1S/C16H24N2O2/c1-5-11(14(19)17-16(2,3)4)18-13-10-7-6-9(8-10)12(13)15(18)20/h6-7,9-13H,5,8H2,1-4H3,(H,17,19)/t9-,10+,11?,12+,13-/m0/s1. The number of hydrogen-bond acceptors (Lipinski definition) is 2. The van der Waals surface area contributed by atoms with Crippen LogP contribution in [0.15, 0.2) is 12.2 Å². The van der Waals surface area contributed by atoms with Crippen molar-refractivity contribution in [3.8, 4) is 0 Å². The molecule has 20 heavy (non-hydrogen) atoms. The van der Waals surface area contributed by atoms with Gasteiger partial charge in [-0.2, -0.15) is 0 Å². The van der Waals surface area contributed by atoms with Crippen LogP contribution in [0, 0.1) is 17.8 Å². The van der Waals surface area contributed by atoms with Gasteiger partial charge in [-0.3, -0.25) is 9.59 Å². The van der Waals surface area contributed by atoms with E-state index in [9.17, 15) is 9.59 Å². The Morgan fingerprint density at radius 3 is 2.65 bits per heavy atom. The molecule has 4 nitrogen and oxygen atoms in total. The molecule has 2 bridgehead atoms. The molecule has 110 valence electrons. The van der Waals surface area contributed by atoms with E-state index in [0.717, 1.165) is 6.42 Å². The SMILES string of the molecule is CCC(C(=O)NC(C)(C)C)N1C(=O)[C@H]2[C@@H]1[C@@H]1C=C[C@H]2C1. The molecule has 2 aliphatic carbocycles. The Labute approximate surface area is 120 Å². The summed E-state index contributed by atoms with van der Waals surface area (Å²) < 4.78 is 0. The van der Waals surface area contributed by atoms with Gasteiger partial charge in [0, 0.05) is 5.54 Å². The van der Waals surface area contributed by atoms with E-state index in [0.29, 0.717) is 18.3 Å². The summed E-state index contributed by atoms with van der Waals surface area (Å²) >= 11 is 0. The number of β-lactam (4-membered cyclic amide) rings is 1. The second-order valence-electron chi connectivity index (χ2n) is 7.37. The maximum absolute atomic E-state index is 12.4. The lowest BCUT2D eigenvalue weighted by Crippen LogP contribution is -2.68. The zero-order valence-electron chi connectivity index (χ0n) is 12.7. The van der Waals surface area contributed by atoms with Gasteiger partial charge in [-0.05, 0) is 45.4 Å². The number of likely N-dealkylation sites (tertiary alicyclic amines) is 1. The molecule has 1 N–H and O–H groups in total. The summed E-state index contributed by atoms with van der Waals surface area (Å²) in [6, 6.07) is -0.0381. The molecule has 2 amide bonds. The van der Waals surface area contributed by atoms with Gasteiger partial charge in [-0.1, -0.05) is 19.1 Å². The maximum Gasteiger partial charge on any atom is 0.243 e. The molecule has 3 aliphatic rings. The number of nitrogens with one attached hydrogen (secondary N) is 1. The molecule has 4 heteroatoms. The summed E-state index contributed by atoms with van der Waals surface area (Å²) in [5, 5.41) is 3.01. The zero-order chi connectivity index (χ0) is 14.7. The van der Waals surface area contributed by atoms with Crippen molar-refractivity contribution in [1.82, 2.24) is 10.2 Å². The summed E-state index contributed by atoms with van der Waals surface area (Å²) in [6.07, 6.45) is 6.20. The predicted molar refractivity (Wildman–Crippen MR) is 76.8 cm³/mol. The lowest BCUT2D eigenvalue weighted by molar-refractivity contribution is -0.166. The highest BCUT2D eigenvalue weighted by atomic mass is 16.2. The number of amides is 2. The number of carbonyl (C=O) groups is 2. The van der Waals surface area contributed by atoms with Crippen molar-refractivity contribution < 1.29 is 9.59 Å². The van der Waals surface area contributed by atoms with Crippen LogP contribution in [0.5, 0.6) is 0 Å². The molecule has 1 unspecified atom stereocenters. The average molecular weight is 276 g/mol. The fourth-order valence-electron chi connectivity index (χ4n) is 4.06. The smallest absolute Gasteiger partial charge is 0.243 e. The third kappa shape index (κ3) is 1.88. The van der Waals surface area contributed by atoms with Crippen molar-refractivity contribution >= 4 is 11.8 Å². The van der Waals surface area contributed by atoms with Crippen molar-refractivity contribution in [3.63, 3.8) is 0 Å². The Kier molecular flexibility index (Phi) is 2.96. The highest BCUT2D eigenvalue weighted by Crippen LogP contribution is 2.53. The molecule has 5 atom stereocenters. The molecule has 0 aromatic carbocycles. The van der Waals surface area contributed by atoms with Crippen LogP contribution >= 0.6 is 0 Å². The van der Waals surface area contributed by atoms with Crippen molar-refractivity contribution in [1.29, 1.82) is 0 Å². The summed E-state index contributed by atoms with van der Waals surface area (Å²) in [4.78, 5) is 26.7. The molecule has 1 saturated carbocycles. The lowest BCUT2D eigenvalue weighted by atomic mass is 9.77. The van der Waals surface area contributed by atoms with Crippen LogP contribution in [0.2, 0.25) is 0 Å². The van der Waals surface area contributed by atoms with Gasteiger partial charge in [0.05, 0.1) is 12.0 Å². The molecule has 0 radical (unpaired) electrons. The van der Waals surface area contributed by atoms with Crippen molar-refractivity contribution in [2.75, 3.05) is 0 Å². The highest BCUT2D eigenvalue weighted by molar-refractivity contribution is 5.94. The molecule has 1 aliphatic heterocycles. The van der Waals surface area contributed by atoms with Crippen LogP contribution in [0.25, 0.3) is 0 Å². The van der Waals surface area contributed by atoms with E-state index in [4.69, 9.17) is 0 Å². The van der Waals surface area contributed by atoms with E-state index in [1.54, 1.807) is 0 Å². The fourth-order valence-corrected chi connectivity index (χ4v) is 4.06. The van der Waals surface area contributed by atoms with Crippen molar-refractivity contribution in [2.45, 2.75) is 58.2 Å². The van der Waals surface area contributed by atoms with Crippen LogP contribution in [0.1, 0.15) is 40.5 Å². The Hall–Kier alpha value is -1.32. The number of fused-ring (bicyclic) bond motifs is 5. The Morgan fingerprint density at radius 1 is 1.40 bits per heavy atom. The fraction of sp³-hybridized carbons (Fsp3) is 0.750. The minimum Gasteiger partial charge on any atom is -0.350 e. The normalized spacial score (nSPS) is 35.8. The van der Waals surface area contributed by atoms with Gasteiger partial charge in [-0.15, -0.1) is 0 Å². The highest BCUT2D eigenvalue weighted by Gasteiger charge is 2.62. The largest absolute Gasteiger partial charge is 0.350 e. The number of carbonyl (C=O) groups excluding carboxylic acids is 2. The van der Waals surface area contributed by atoms with E-state index in [1.165, 1.54) is 0 Å². The van der Waals surface area contributed by atoms with E-state index in [2.05, 4.69) is 17.5 Å². The minimum atomic E-state index is -0.310. The quantitative estimate of drug-likeness (QED) is 0.630.